The van der Waals surface area contributed by atoms with Crippen molar-refractivity contribution < 1.29 is 54.3 Å². The van der Waals surface area contributed by atoms with E-state index >= 15 is 0 Å². The summed E-state index contributed by atoms with van der Waals surface area (Å²) in [5.41, 5.74) is 0. The maximum atomic E-state index is 13.6. The molecule has 23 heavy (non-hydrogen) atoms. The highest BCUT2D eigenvalue weighted by atomic mass is 19.1. The van der Waals surface area contributed by atoms with Crippen LogP contribution < -0.4 is 0 Å². The van der Waals surface area contributed by atoms with Gasteiger partial charge in [-0.15, -0.1) is 0 Å². The Morgan fingerprint density at radius 3 is 1.96 bits per heavy atom. The molecule has 10 atom stereocenters. The van der Waals surface area contributed by atoms with Crippen LogP contribution in [-0.4, -0.2) is 110 Å². The molecule has 0 bridgehead atoms. The van der Waals surface area contributed by atoms with Crippen LogP contribution in [0.1, 0.15) is 0 Å². The number of ether oxygens (including phenoxy) is 3. The van der Waals surface area contributed by atoms with Crippen LogP contribution in [0.15, 0.2) is 0 Å². The van der Waals surface area contributed by atoms with Crippen molar-refractivity contribution in [1.29, 1.82) is 0 Å². The third-order valence-corrected chi connectivity index (χ3v) is 3.94. The van der Waals surface area contributed by atoms with Gasteiger partial charge in [0, 0.05) is 0 Å². The van der Waals surface area contributed by atoms with Crippen LogP contribution in [0.4, 0.5) is 4.39 Å². The van der Waals surface area contributed by atoms with Crippen molar-refractivity contribution in [3.05, 3.63) is 0 Å². The Kier molecular flexibility index (Phi) is 6.24. The normalized spacial score (nSPS) is 51.7. The lowest BCUT2D eigenvalue weighted by Gasteiger charge is -2.44. The fourth-order valence-corrected chi connectivity index (χ4v) is 2.55. The number of hydrogen-bond acceptors (Lipinski definition) is 10. The molecule has 136 valence electrons. The van der Waals surface area contributed by atoms with E-state index in [0.29, 0.717) is 0 Å². The summed E-state index contributed by atoms with van der Waals surface area (Å²) in [6.45, 7) is -1.43. The van der Waals surface area contributed by atoms with Crippen LogP contribution >= 0.6 is 0 Å². The van der Waals surface area contributed by atoms with Gasteiger partial charge < -0.3 is 50.0 Å². The molecule has 7 N–H and O–H groups in total. The summed E-state index contributed by atoms with van der Waals surface area (Å²) in [6.07, 6.45) is -16.9. The standard InChI is InChI=1S/C12H21FO10/c13-5-7(17)10(4(2-15)21-11(5)20)23-12-9(19)8(18)6(16)3(1-14)22-12/h3-12,14-20H,1-2H2/t3-,4-,5-,6-,7-,8+,9-,10-,11+,12+/m1/s1. The van der Waals surface area contributed by atoms with Crippen molar-refractivity contribution >= 4 is 0 Å². The lowest BCUT2D eigenvalue weighted by molar-refractivity contribution is -0.350. The Balaban J connectivity index is 2.11. The number of aliphatic hydroxyl groups excluding tert-OH is 7. The number of aliphatic hydroxyl groups is 7. The second kappa shape index (κ2) is 7.61. The van der Waals surface area contributed by atoms with Gasteiger partial charge in [0.15, 0.2) is 18.8 Å². The summed E-state index contributed by atoms with van der Waals surface area (Å²) in [5, 5.41) is 66.5. The fraction of sp³-hybridized carbons (Fsp3) is 1.00. The van der Waals surface area contributed by atoms with Gasteiger partial charge in [-0.1, -0.05) is 0 Å². The average molecular weight is 344 g/mol. The van der Waals surface area contributed by atoms with Crippen molar-refractivity contribution in [3.63, 3.8) is 0 Å². The molecule has 10 nitrogen and oxygen atoms in total. The predicted octanol–water partition coefficient (Wildman–Crippen LogP) is -4.42. The molecule has 2 aliphatic heterocycles. The summed E-state index contributed by atoms with van der Waals surface area (Å²) in [6, 6.07) is 0. The summed E-state index contributed by atoms with van der Waals surface area (Å²) >= 11 is 0. The minimum Gasteiger partial charge on any atom is -0.394 e. The molecular formula is C12H21FO10. The first-order chi connectivity index (χ1) is 10.8. The van der Waals surface area contributed by atoms with E-state index in [9.17, 15) is 35.0 Å². The summed E-state index contributed by atoms with van der Waals surface area (Å²) in [4.78, 5) is 0. The molecular weight excluding hydrogens is 323 g/mol. The number of alkyl halides is 1. The van der Waals surface area contributed by atoms with Crippen molar-refractivity contribution in [3.8, 4) is 0 Å². The Hall–Kier alpha value is -0.470. The molecule has 2 fully saturated rings. The monoisotopic (exact) mass is 344 g/mol. The molecule has 11 heteroatoms. The van der Waals surface area contributed by atoms with Crippen LogP contribution in [0.2, 0.25) is 0 Å². The smallest absolute Gasteiger partial charge is 0.189 e. The topological polar surface area (TPSA) is 169 Å². The molecule has 0 unspecified atom stereocenters. The fourth-order valence-electron chi connectivity index (χ4n) is 2.55. The third-order valence-electron chi connectivity index (χ3n) is 3.94. The molecule has 2 saturated heterocycles. The van der Waals surface area contributed by atoms with E-state index in [0.717, 1.165) is 0 Å². The zero-order chi connectivity index (χ0) is 17.3. The molecule has 2 rings (SSSR count). The van der Waals surface area contributed by atoms with Gasteiger partial charge >= 0.3 is 0 Å². The lowest BCUT2D eigenvalue weighted by Crippen LogP contribution is -2.63. The van der Waals surface area contributed by atoms with E-state index in [-0.39, 0.29) is 0 Å². The van der Waals surface area contributed by atoms with Gasteiger partial charge in [0.1, 0.15) is 42.7 Å². The Morgan fingerprint density at radius 1 is 0.783 bits per heavy atom. The van der Waals surface area contributed by atoms with Gasteiger partial charge in [0.2, 0.25) is 0 Å². The van der Waals surface area contributed by atoms with E-state index in [1.165, 1.54) is 0 Å². The second-order valence-electron chi connectivity index (χ2n) is 5.48. The first-order valence-corrected chi connectivity index (χ1v) is 7.04. The van der Waals surface area contributed by atoms with E-state index in [1.54, 1.807) is 0 Å². The zero-order valence-electron chi connectivity index (χ0n) is 11.9. The van der Waals surface area contributed by atoms with E-state index < -0.39 is 74.7 Å². The number of hydrogen-bond donors (Lipinski definition) is 7. The Labute approximate surface area is 130 Å². The predicted molar refractivity (Wildman–Crippen MR) is 67.5 cm³/mol. The van der Waals surface area contributed by atoms with E-state index in [2.05, 4.69) is 0 Å². The molecule has 0 radical (unpaired) electrons. The minimum atomic E-state index is -2.23. The van der Waals surface area contributed by atoms with Gasteiger partial charge in [-0.05, 0) is 0 Å². The highest BCUT2D eigenvalue weighted by Crippen LogP contribution is 2.29. The highest BCUT2D eigenvalue weighted by Gasteiger charge is 2.50. The van der Waals surface area contributed by atoms with Crippen LogP contribution in [0.3, 0.4) is 0 Å². The maximum Gasteiger partial charge on any atom is 0.189 e. The quantitative estimate of drug-likeness (QED) is 0.264. The van der Waals surface area contributed by atoms with Crippen LogP contribution in [0.25, 0.3) is 0 Å². The summed E-state index contributed by atoms with van der Waals surface area (Å²) in [7, 11) is 0. The highest BCUT2D eigenvalue weighted by molar-refractivity contribution is 4.93. The minimum absolute atomic E-state index is 0.692. The maximum absolute atomic E-state index is 13.6. The van der Waals surface area contributed by atoms with Crippen molar-refractivity contribution in [2.24, 2.45) is 0 Å². The number of halogens is 1. The number of rotatable bonds is 4. The molecule has 0 aliphatic carbocycles. The van der Waals surface area contributed by atoms with Gasteiger partial charge in [-0.2, -0.15) is 0 Å². The Morgan fingerprint density at radius 2 is 1.39 bits per heavy atom. The first kappa shape index (κ1) is 18.9. The van der Waals surface area contributed by atoms with Gasteiger partial charge in [-0.3, -0.25) is 0 Å². The Bertz CT molecular complexity index is 383. The molecule has 0 saturated carbocycles. The van der Waals surface area contributed by atoms with E-state index in [1.807, 2.05) is 0 Å². The second-order valence-corrected chi connectivity index (χ2v) is 5.48. The molecule has 0 aromatic heterocycles. The third kappa shape index (κ3) is 3.64. The van der Waals surface area contributed by atoms with Crippen LogP contribution in [0.5, 0.6) is 0 Å². The summed E-state index contributed by atoms with van der Waals surface area (Å²) < 4.78 is 28.7. The van der Waals surface area contributed by atoms with Gasteiger partial charge in [-0.25, -0.2) is 4.39 Å². The van der Waals surface area contributed by atoms with Crippen molar-refractivity contribution in [2.75, 3.05) is 13.2 Å². The molecule has 2 heterocycles. The zero-order valence-corrected chi connectivity index (χ0v) is 11.9. The van der Waals surface area contributed by atoms with Gasteiger partial charge in [0.25, 0.3) is 0 Å². The van der Waals surface area contributed by atoms with Crippen molar-refractivity contribution in [2.45, 2.75) is 61.5 Å². The van der Waals surface area contributed by atoms with Crippen molar-refractivity contribution in [1.82, 2.24) is 0 Å². The SMILES string of the molecule is OC[C@H]1O[C@@H](O[C@H]2[C@H](O)[C@@H](F)[C@@H](O)O[C@@H]2CO)[C@H](O)[C@@H](O)[C@@H]1O. The molecule has 0 spiro atoms. The summed E-state index contributed by atoms with van der Waals surface area (Å²) in [5.74, 6) is 0. The molecule has 0 aromatic rings. The van der Waals surface area contributed by atoms with Crippen LogP contribution in [0, 0.1) is 0 Å². The van der Waals surface area contributed by atoms with E-state index in [4.69, 9.17) is 19.3 Å². The lowest BCUT2D eigenvalue weighted by atomic mass is 9.97. The largest absolute Gasteiger partial charge is 0.394 e. The first-order valence-electron chi connectivity index (χ1n) is 7.04. The van der Waals surface area contributed by atoms with Gasteiger partial charge in [0.05, 0.1) is 13.2 Å². The average Bonchev–Trinajstić information content (AvgIpc) is 2.55. The molecule has 0 amide bonds. The molecule has 2 aliphatic rings. The van der Waals surface area contributed by atoms with Crippen LogP contribution in [-0.2, 0) is 14.2 Å². The molecule has 0 aromatic carbocycles.